The molecule has 1 aliphatic rings. The van der Waals surface area contributed by atoms with Crippen LogP contribution in [0.5, 0.6) is 17.2 Å². The number of amides is 1. The zero-order valence-corrected chi connectivity index (χ0v) is 18.3. The van der Waals surface area contributed by atoms with Crippen LogP contribution in [0.2, 0.25) is 0 Å². The number of fused-ring (bicyclic) bond motifs is 1. The van der Waals surface area contributed by atoms with Gasteiger partial charge in [-0.15, -0.1) is 0 Å². The molecule has 0 spiro atoms. The Morgan fingerprint density at radius 2 is 1.77 bits per heavy atom. The highest BCUT2D eigenvalue weighted by atomic mass is 16.5. The Balaban J connectivity index is 1.46. The fraction of sp³-hybridized carbons (Fsp3) is 0.409. The molecule has 3 aromatic rings. The molecule has 164 valence electrons. The lowest BCUT2D eigenvalue weighted by atomic mass is 10.1. The summed E-state index contributed by atoms with van der Waals surface area (Å²) in [5, 5.41) is 4.41. The average molecular weight is 425 g/mol. The summed E-state index contributed by atoms with van der Waals surface area (Å²) in [6.07, 6.45) is 3.49. The van der Waals surface area contributed by atoms with Gasteiger partial charge in [0.2, 0.25) is 5.75 Å². The second kappa shape index (κ2) is 8.81. The molecule has 0 radical (unpaired) electrons. The number of aromatic nitrogens is 3. The summed E-state index contributed by atoms with van der Waals surface area (Å²) >= 11 is 0. The standard InChI is InChI=1S/C22H27N5O4/c1-15-18(21-23-8-5-9-27(21)24-15)22(28)26-12-10-25(11-13-26)14-16-6-7-17(29-2)20(31-4)19(16)30-3/h5-9H,10-14H2,1-4H3. The first-order valence-corrected chi connectivity index (χ1v) is 10.2. The second-order valence-electron chi connectivity index (χ2n) is 7.41. The van der Waals surface area contributed by atoms with Crippen LogP contribution in [-0.2, 0) is 6.54 Å². The van der Waals surface area contributed by atoms with E-state index in [4.69, 9.17) is 14.2 Å². The molecule has 1 fully saturated rings. The lowest BCUT2D eigenvalue weighted by molar-refractivity contribution is 0.0628. The predicted molar refractivity (Wildman–Crippen MR) is 115 cm³/mol. The second-order valence-corrected chi connectivity index (χ2v) is 7.41. The number of hydrogen-bond acceptors (Lipinski definition) is 7. The summed E-state index contributed by atoms with van der Waals surface area (Å²) in [5.74, 6) is 1.88. The van der Waals surface area contributed by atoms with Gasteiger partial charge in [0, 0.05) is 50.7 Å². The first-order valence-electron chi connectivity index (χ1n) is 10.2. The fourth-order valence-electron chi connectivity index (χ4n) is 4.04. The van der Waals surface area contributed by atoms with Crippen molar-refractivity contribution in [2.24, 2.45) is 0 Å². The molecule has 0 N–H and O–H groups in total. The van der Waals surface area contributed by atoms with E-state index in [2.05, 4.69) is 15.0 Å². The van der Waals surface area contributed by atoms with Gasteiger partial charge in [-0.2, -0.15) is 5.10 Å². The highest BCUT2D eigenvalue weighted by Crippen LogP contribution is 2.40. The monoisotopic (exact) mass is 425 g/mol. The van der Waals surface area contributed by atoms with Gasteiger partial charge >= 0.3 is 0 Å². The van der Waals surface area contributed by atoms with Crippen molar-refractivity contribution >= 4 is 11.6 Å². The largest absolute Gasteiger partial charge is 0.493 e. The van der Waals surface area contributed by atoms with E-state index >= 15 is 0 Å². The Labute approximate surface area is 181 Å². The first-order chi connectivity index (χ1) is 15.1. The Morgan fingerprint density at radius 1 is 1.03 bits per heavy atom. The van der Waals surface area contributed by atoms with Gasteiger partial charge in [-0.1, -0.05) is 6.07 Å². The van der Waals surface area contributed by atoms with Crippen molar-refractivity contribution in [1.82, 2.24) is 24.4 Å². The molecule has 0 unspecified atom stereocenters. The number of nitrogens with zero attached hydrogens (tertiary/aromatic N) is 5. The van der Waals surface area contributed by atoms with Gasteiger partial charge in [0.25, 0.3) is 5.91 Å². The Kier molecular flexibility index (Phi) is 5.94. The van der Waals surface area contributed by atoms with E-state index in [1.807, 2.05) is 24.0 Å². The number of methoxy groups -OCH3 is 3. The number of carbonyl (C=O) groups excluding carboxylic acids is 1. The van der Waals surface area contributed by atoms with Gasteiger partial charge < -0.3 is 19.1 Å². The molecule has 1 aromatic carbocycles. The Hall–Kier alpha value is -3.33. The van der Waals surface area contributed by atoms with Gasteiger partial charge in [0.15, 0.2) is 17.1 Å². The molecular formula is C22H27N5O4. The Morgan fingerprint density at radius 3 is 2.45 bits per heavy atom. The van der Waals surface area contributed by atoms with E-state index in [0.717, 1.165) is 18.7 Å². The molecule has 1 amide bonds. The molecule has 0 atom stereocenters. The van der Waals surface area contributed by atoms with Crippen LogP contribution in [0.15, 0.2) is 30.6 Å². The van der Waals surface area contributed by atoms with Gasteiger partial charge in [-0.3, -0.25) is 9.69 Å². The van der Waals surface area contributed by atoms with E-state index in [-0.39, 0.29) is 5.91 Å². The highest BCUT2D eigenvalue weighted by molar-refractivity contribution is 6.01. The van der Waals surface area contributed by atoms with Crippen molar-refractivity contribution in [2.45, 2.75) is 13.5 Å². The van der Waals surface area contributed by atoms with Crippen LogP contribution >= 0.6 is 0 Å². The molecule has 31 heavy (non-hydrogen) atoms. The van der Waals surface area contributed by atoms with Gasteiger partial charge in [0.05, 0.1) is 27.0 Å². The molecular weight excluding hydrogens is 398 g/mol. The minimum atomic E-state index is -0.0189. The SMILES string of the molecule is COc1ccc(CN2CCN(C(=O)c3c(C)nn4cccnc34)CC2)c(OC)c1OC. The molecule has 0 saturated carbocycles. The number of piperazine rings is 1. The third-order valence-corrected chi connectivity index (χ3v) is 5.62. The van der Waals surface area contributed by atoms with Gasteiger partial charge in [-0.25, -0.2) is 9.50 Å². The smallest absolute Gasteiger partial charge is 0.259 e. The van der Waals surface area contributed by atoms with Crippen LogP contribution in [0.3, 0.4) is 0 Å². The van der Waals surface area contributed by atoms with Crippen LogP contribution in [0.1, 0.15) is 21.6 Å². The van der Waals surface area contributed by atoms with Crippen LogP contribution in [0.25, 0.3) is 5.65 Å². The first kappa shape index (κ1) is 20.9. The number of carbonyl (C=O) groups is 1. The number of rotatable bonds is 6. The fourth-order valence-corrected chi connectivity index (χ4v) is 4.04. The summed E-state index contributed by atoms with van der Waals surface area (Å²) in [6, 6.07) is 5.68. The van der Waals surface area contributed by atoms with E-state index in [1.54, 1.807) is 44.3 Å². The quantitative estimate of drug-likeness (QED) is 0.598. The lowest BCUT2D eigenvalue weighted by Crippen LogP contribution is -2.48. The van der Waals surface area contributed by atoms with Crippen molar-refractivity contribution in [3.8, 4) is 17.2 Å². The molecule has 9 nitrogen and oxygen atoms in total. The van der Waals surface area contributed by atoms with Crippen LogP contribution in [-0.4, -0.2) is 77.8 Å². The lowest BCUT2D eigenvalue weighted by Gasteiger charge is -2.35. The van der Waals surface area contributed by atoms with Crippen molar-refractivity contribution < 1.29 is 19.0 Å². The van der Waals surface area contributed by atoms with Crippen LogP contribution in [0.4, 0.5) is 0 Å². The highest BCUT2D eigenvalue weighted by Gasteiger charge is 2.27. The molecule has 1 saturated heterocycles. The zero-order valence-electron chi connectivity index (χ0n) is 18.3. The summed E-state index contributed by atoms with van der Waals surface area (Å²) in [7, 11) is 4.84. The van der Waals surface area contributed by atoms with Crippen molar-refractivity contribution in [3.05, 3.63) is 47.4 Å². The maximum Gasteiger partial charge on any atom is 0.259 e. The van der Waals surface area contributed by atoms with Crippen molar-refractivity contribution in [1.29, 1.82) is 0 Å². The molecule has 0 bridgehead atoms. The zero-order chi connectivity index (χ0) is 22.0. The van der Waals surface area contributed by atoms with Crippen molar-refractivity contribution in [2.75, 3.05) is 47.5 Å². The summed E-state index contributed by atoms with van der Waals surface area (Å²) in [6.45, 7) is 5.34. The van der Waals surface area contributed by atoms with E-state index in [0.29, 0.717) is 53.8 Å². The summed E-state index contributed by atoms with van der Waals surface area (Å²) < 4.78 is 18.1. The molecule has 9 heteroatoms. The molecule has 2 aromatic heterocycles. The van der Waals surface area contributed by atoms with Crippen LogP contribution in [0, 0.1) is 6.92 Å². The molecule has 1 aliphatic heterocycles. The third kappa shape index (κ3) is 3.88. The maximum atomic E-state index is 13.2. The topological polar surface area (TPSA) is 81.4 Å². The number of benzene rings is 1. The number of aryl methyl sites for hydroxylation is 1. The maximum absolute atomic E-state index is 13.2. The molecule has 0 aliphatic carbocycles. The molecule has 3 heterocycles. The summed E-state index contributed by atoms with van der Waals surface area (Å²) in [4.78, 5) is 21.7. The van der Waals surface area contributed by atoms with E-state index in [9.17, 15) is 4.79 Å². The average Bonchev–Trinajstić information content (AvgIpc) is 3.14. The summed E-state index contributed by atoms with van der Waals surface area (Å²) in [5.41, 5.74) is 2.89. The molecule has 4 rings (SSSR count). The number of ether oxygens (including phenoxy) is 3. The third-order valence-electron chi connectivity index (χ3n) is 5.62. The Bertz CT molecular complexity index is 1090. The minimum Gasteiger partial charge on any atom is -0.493 e. The van der Waals surface area contributed by atoms with Crippen molar-refractivity contribution in [3.63, 3.8) is 0 Å². The minimum absolute atomic E-state index is 0.0189. The van der Waals surface area contributed by atoms with E-state index < -0.39 is 0 Å². The normalized spacial score (nSPS) is 14.6. The number of hydrogen-bond donors (Lipinski definition) is 0. The van der Waals surface area contributed by atoms with Gasteiger partial charge in [-0.05, 0) is 19.1 Å². The predicted octanol–water partition coefficient (Wildman–Crippen LogP) is 2.02. The van der Waals surface area contributed by atoms with Crippen LogP contribution < -0.4 is 14.2 Å². The van der Waals surface area contributed by atoms with E-state index in [1.165, 1.54) is 0 Å². The van der Waals surface area contributed by atoms with Gasteiger partial charge in [0.1, 0.15) is 5.56 Å².